The molecule has 2 rings (SSSR count). The molecule has 1 atom stereocenters. The van der Waals surface area contributed by atoms with Crippen LogP contribution < -0.4 is 0 Å². The van der Waals surface area contributed by atoms with E-state index in [1.807, 2.05) is 23.3 Å². The van der Waals surface area contributed by atoms with Crippen LogP contribution in [0, 0.1) is 0 Å². The molecule has 82 valence electrons. The SMILES string of the molecule is CON1CCOC(c2cccc(Br)n2)C1. The third-order valence-corrected chi connectivity index (χ3v) is 2.80. The van der Waals surface area contributed by atoms with Gasteiger partial charge in [-0.15, -0.1) is 0 Å². The van der Waals surface area contributed by atoms with Gasteiger partial charge in [-0.1, -0.05) is 6.07 Å². The number of ether oxygens (including phenoxy) is 1. The highest BCUT2D eigenvalue weighted by molar-refractivity contribution is 9.10. The quantitative estimate of drug-likeness (QED) is 0.769. The molecule has 1 aliphatic rings. The number of halogens is 1. The third kappa shape index (κ3) is 2.75. The first-order chi connectivity index (χ1) is 7.29. The Morgan fingerprint density at radius 1 is 1.60 bits per heavy atom. The molecule has 15 heavy (non-hydrogen) atoms. The first-order valence-electron chi connectivity index (χ1n) is 4.82. The summed E-state index contributed by atoms with van der Waals surface area (Å²) >= 11 is 3.35. The third-order valence-electron chi connectivity index (χ3n) is 2.35. The van der Waals surface area contributed by atoms with E-state index in [2.05, 4.69) is 20.9 Å². The Hall–Kier alpha value is -0.490. The van der Waals surface area contributed by atoms with E-state index in [0.717, 1.165) is 23.4 Å². The predicted molar refractivity (Wildman–Crippen MR) is 59.2 cm³/mol. The van der Waals surface area contributed by atoms with Crippen LogP contribution in [0.25, 0.3) is 0 Å². The second kappa shape index (κ2) is 5.03. The number of hydrogen-bond donors (Lipinski definition) is 0. The summed E-state index contributed by atoms with van der Waals surface area (Å²) < 4.78 is 6.48. The Labute approximate surface area is 97.3 Å². The number of morpholine rings is 1. The lowest BCUT2D eigenvalue weighted by molar-refractivity contribution is -0.195. The number of hydrogen-bond acceptors (Lipinski definition) is 4. The summed E-state index contributed by atoms with van der Waals surface area (Å²) in [4.78, 5) is 9.56. The average molecular weight is 273 g/mol. The van der Waals surface area contributed by atoms with Crippen LogP contribution in [0.15, 0.2) is 22.8 Å². The number of rotatable bonds is 2. The number of hydroxylamine groups is 2. The molecule has 1 aromatic heterocycles. The monoisotopic (exact) mass is 272 g/mol. The smallest absolute Gasteiger partial charge is 0.114 e. The van der Waals surface area contributed by atoms with Crippen molar-refractivity contribution in [2.45, 2.75) is 6.10 Å². The fraction of sp³-hybridized carbons (Fsp3) is 0.500. The van der Waals surface area contributed by atoms with Crippen molar-refractivity contribution in [3.8, 4) is 0 Å². The Morgan fingerprint density at radius 3 is 3.20 bits per heavy atom. The zero-order chi connectivity index (χ0) is 10.7. The number of nitrogens with zero attached hydrogens (tertiary/aromatic N) is 2. The molecule has 0 spiro atoms. The van der Waals surface area contributed by atoms with E-state index >= 15 is 0 Å². The maximum Gasteiger partial charge on any atom is 0.114 e. The van der Waals surface area contributed by atoms with E-state index in [4.69, 9.17) is 9.57 Å². The van der Waals surface area contributed by atoms with Crippen LogP contribution in [0.4, 0.5) is 0 Å². The lowest BCUT2D eigenvalue weighted by atomic mass is 10.2. The summed E-state index contributed by atoms with van der Waals surface area (Å²) in [6.07, 6.45) is -0.00352. The number of pyridine rings is 1. The molecular weight excluding hydrogens is 260 g/mol. The van der Waals surface area contributed by atoms with E-state index in [9.17, 15) is 0 Å². The summed E-state index contributed by atoms with van der Waals surface area (Å²) in [5.74, 6) is 0. The Bertz CT molecular complexity index is 335. The Kier molecular flexibility index (Phi) is 3.69. The fourth-order valence-electron chi connectivity index (χ4n) is 1.57. The molecule has 0 saturated carbocycles. The molecule has 1 fully saturated rings. The van der Waals surface area contributed by atoms with E-state index in [-0.39, 0.29) is 6.10 Å². The van der Waals surface area contributed by atoms with Crippen LogP contribution in [0.2, 0.25) is 0 Å². The molecule has 0 aliphatic carbocycles. The zero-order valence-electron chi connectivity index (χ0n) is 8.52. The first-order valence-corrected chi connectivity index (χ1v) is 5.62. The molecule has 0 N–H and O–H groups in total. The molecule has 1 unspecified atom stereocenters. The summed E-state index contributed by atoms with van der Waals surface area (Å²) in [7, 11) is 1.68. The molecule has 1 aromatic rings. The molecule has 1 saturated heterocycles. The van der Waals surface area contributed by atoms with Gasteiger partial charge >= 0.3 is 0 Å². The van der Waals surface area contributed by atoms with Gasteiger partial charge < -0.3 is 9.57 Å². The molecule has 0 aromatic carbocycles. The van der Waals surface area contributed by atoms with Crippen molar-refractivity contribution in [2.24, 2.45) is 0 Å². The number of aromatic nitrogens is 1. The Morgan fingerprint density at radius 2 is 2.47 bits per heavy atom. The van der Waals surface area contributed by atoms with Gasteiger partial charge in [0.25, 0.3) is 0 Å². The molecule has 0 bridgehead atoms. The maximum atomic E-state index is 5.65. The molecule has 5 heteroatoms. The standard InChI is InChI=1S/C10H13BrN2O2/c1-14-13-5-6-15-9(7-13)8-3-2-4-10(11)12-8/h2-4,9H,5-7H2,1H3. The van der Waals surface area contributed by atoms with Gasteiger partial charge in [0.05, 0.1) is 26.0 Å². The summed E-state index contributed by atoms with van der Waals surface area (Å²) in [6.45, 7) is 2.20. The topological polar surface area (TPSA) is 34.6 Å². The van der Waals surface area contributed by atoms with Crippen LogP contribution in [-0.4, -0.2) is 36.9 Å². The van der Waals surface area contributed by atoms with Crippen molar-refractivity contribution in [1.29, 1.82) is 0 Å². The van der Waals surface area contributed by atoms with Crippen LogP contribution in [0.5, 0.6) is 0 Å². The summed E-state index contributed by atoms with van der Waals surface area (Å²) in [5, 5.41) is 1.89. The molecule has 2 heterocycles. The molecule has 1 aliphatic heterocycles. The minimum Gasteiger partial charge on any atom is -0.369 e. The molecular formula is C10H13BrN2O2. The lowest BCUT2D eigenvalue weighted by Crippen LogP contribution is -2.37. The van der Waals surface area contributed by atoms with Gasteiger partial charge in [0.2, 0.25) is 0 Å². The minimum absolute atomic E-state index is 0.00352. The van der Waals surface area contributed by atoms with Crippen molar-refractivity contribution in [3.63, 3.8) is 0 Å². The van der Waals surface area contributed by atoms with Crippen molar-refractivity contribution < 1.29 is 9.57 Å². The van der Waals surface area contributed by atoms with Crippen LogP contribution in [0.1, 0.15) is 11.8 Å². The predicted octanol–water partition coefficient (Wildman–Crippen LogP) is 1.78. The molecule has 0 radical (unpaired) electrons. The average Bonchev–Trinajstić information content (AvgIpc) is 2.29. The zero-order valence-corrected chi connectivity index (χ0v) is 10.1. The van der Waals surface area contributed by atoms with Crippen LogP contribution in [-0.2, 0) is 9.57 Å². The van der Waals surface area contributed by atoms with E-state index < -0.39 is 0 Å². The van der Waals surface area contributed by atoms with Crippen molar-refractivity contribution in [1.82, 2.24) is 10.0 Å². The summed E-state index contributed by atoms with van der Waals surface area (Å²) in [6, 6.07) is 5.83. The van der Waals surface area contributed by atoms with Gasteiger partial charge in [-0.2, -0.15) is 5.06 Å². The largest absolute Gasteiger partial charge is 0.369 e. The summed E-state index contributed by atoms with van der Waals surface area (Å²) in [5.41, 5.74) is 0.936. The van der Waals surface area contributed by atoms with Gasteiger partial charge in [-0.05, 0) is 28.1 Å². The van der Waals surface area contributed by atoms with Crippen molar-refractivity contribution in [2.75, 3.05) is 26.8 Å². The minimum atomic E-state index is -0.00352. The van der Waals surface area contributed by atoms with Gasteiger partial charge in [0.1, 0.15) is 10.7 Å². The van der Waals surface area contributed by atoms with Crippen LogP contribution >= 0.6 is 15.9 Å². The fourth-order valence-corrected chi connectivity index (χ4v) is 1.93. The van der Waals surface area contributed by atoms with Gasteiger partial charge in [0, 0.05) is 6.54 Å². The normalized spacial score (nSPS) is 22.9. The van der Waals surface area contributed by atoms with Crippen molar-refractivity contribution in [3.05, 3.63) is 28.5 Å². The second-order valence-electron chi connectivity index (χ2n) is 3.32. The van der Waals surface area contributed by atoms with E-state index in [1.165, 1.54) is 0 Å². The first kappa shape index (κ1) is 11.0. The highest BCUT2D eigenvalue weighted by Crippen LogP contribution is 2.21. The maximum absolute atomic E-state index is 5.65. The van der Waals surface area contributed by atoms with E-state index in [0.29, 0.717) is 6.61 Å². The van der Waals surface area contributed by atoms with E-state index in [1.54, 1.807) is 7.11 Å². The highest BCUT2D eigenvalue weighted by atomic mass is 79.9. The lowest BCUT2D eigenvalue weighted by Gasteiger charge is -2.30. The van der Waals surface area contributed by atoms with Gasteiger partial charge in [0.15, 0.2) is 0 Å². The van der Waals surface area contributed by atoms with Gasteiger partial charge in [-0.3, -0.25) is 0 Å². The van der Waals surface area contributed by atoms with Crippen LogP contribution in [0.3, 0.4) is 0 Å². The van der Waals surface area contributed by atoms with Crippen molar-refractivity contribution >= 4 is 15.9 Å². The van der Waals surface area contributed by atoms with Gasteiger partial charge in [-0.25, -0.2) is 4.98 Å². The second-order valence-corrected chi connectivity index (χ2v) is 4.13. The molecule has 4 nitrogen and oxygen atoms in total. The molecule has 0 amide bonds. The highest BCUT2D eigenvalue weighted by Gasteiger charge is 2.22. The Balaban J connectivity index is 2.09.